The number of carbonyl (C=O) groups excluding carboxylic acids is 3. The molecular weight excluding hydrogens is 583 g/mol. The van der Waals surface area contributed by atoms with Gasteiger partial charge >= 0.3 is 5.97 Å². The number of ether oxygens (including phenoxy) is 1. The van der Waals surface area contributed by atoms with Crippen molar-refractivity contribution in [3.8, 4) is 0 Å². The molecule has 1 fully saturated rings. The number of esters is 1. The average Bonchev–Trinajstić information content (AvgIpc) is 2.95. The van der Waals surface area contributed by atoms with Crippen LogP contribution in [-0.2, 0) is 14.3 Å². The Kier molecular flexibility index (Phi) is 8.59. The molecule has 1 saturated heterocycles. The fourth-order valence-electron chi connectivity index (χ4n) is 3.38. The van der Waals surface area contributed by atoms with Crippen molar-refractivity contribution < 1.29 is 41.1 Å². The lowest BCUT2D eigenvalue weighted by Crippen LogP contribution is -2.48. The summed E-state index contributed by atoms with van der Waals surface area (Å²) in [5.41, 5.74) is 1.15. The van der Waals surface area contributed by atoms with Crippen molar-refractivity contribution >= 4 is 63.4 Å². The molecule has 3 aromatic carbocycles. The van der Waals surface area contributed by atoms with Gasteiger partial charge in [-0.1, -0.05) is 23.4 Å². The van der Waals surface area contributed by atoms with Gasteiger partial charge in [0.15, 0.2) is 28.4 Å². The van der Waals surface area contributed by atoms with Crippen LogP contribution in [0.3, 0.4) is 0 Å². The molecular formula is C25H16ClF5N4O4S. The maximum atomic E-state index is 14.4. The van der Waals surface area contributed by atoms with E-state index in [1.807, 2.05) is 5.43 Å². The van der Waals surface area contributed by atoms with Crippen LogP contribution in [0.2, 0.25) is 5.02 Å². The van der Waals surface area contributed by atoms with Crippen LogP contribution in [0.25, 0.3) is 0 Å². The lowest BCUT2D eigenvalue weighted by atomic mass is 10.2. The zero-order chi connectivity index (χ0) is 29.1. The number of methoxy groups -OCH3 is 1. The largest absolute Gasteiger partial charge is 0.465 e. The van der Waals surface area contributed by atoms with Crippen molar-refractivity contribution in [3.63, 3.8) is 0 Å². The minimum atomic E-state index is -2.37. The van der Waals surface area contributed by atoms with Gasteiger partial charge < -0.3 is 10.1 Å². The minimum Gasteiger partial charge on any atom is -0.465 e. The molecule has 40 heavy (non-hydrogen) atoms. The van der Waals surface area contributed by atoms with Crippen molar-refractivity contribution in [2.45, 2.75) is 11.7 Å². The summed E-state index contributed by atoms with van der Waals surface area (Å²) in [6.07, 6.45) is -0.543. The van der Waals surface area contributed by atoms with Gasteiger partial charge in [-0.05, 0) is 48.5 Å². The first-order chi connectivity index (χ1) is 19.0. The van der Waals surface area contributed by atoms with Gasteiger partial charge in [0.25, 0.3) is 0 Å². The Bertz CT molecular complexity index is 1490. The minimum absolute atomic E-state index is 0.198. The van der Waals surface area contributed by atoms with E-state index in [9.17, 15) is 36.3 Å². The van der Waals surface area contributed by atoms with Crippen LogP contribution in [0.15, 0.2) is 53.5 Å². The first kappa shape index (κ1) is 28.8. The van der Waals surface area contributed by atoms with Crippen molar-refractivity contribution in [3.05, 3.63) is 88.2 Å². The predicted octanol–water partition coefficient (Wildman–Crippen LogP) is 5.81. The van der Waals surface area contributed by atoms with Crippen LogP contribution in [0.1, 0.15) is 16.8 Å². The molecule has 0 saturated carbocycles. The number of anilines is 2. The number of carbonyl (C=O) groups is 3. The van der Waals surface area contributed by atoms with Crippen LogP contribution in [-0.4, -0.2) is 40.3 Å². The van der Waals surface area contributed by atoms with Crippen molar-refractivity contribution in [1.82, 2.24) is 5.01 Å². The van der Waals surface area contributed by atoms with E-state index >= 15 is 0 Å². The van der Waals surface area contributed by atoms with E-state index < -0.39 is 64.2 Å². The van der Waals surface area contributed by atoms with E-state index in [0.717, 1.165) is 0 Å². The smallest absolute Gasteiger partial charge is 0.337 e. The Morgan fingerprint density at radius 3 is 2.10 bits per heavy atom. The van der Waals surface area contributed by atoms with Crippen LogP contribution in [0.5, 0.6) is 0 Å². The molecule has 208 valence electrons. The molecule has 1 heterocycles. The first-order valence-corrected chi connectivity index (χ1v) is 12.4. The lowest BCUT2D eigenvalue weighted by Gasteiger charge is -2.32. The topological polar surface area (TPSA) is 100 Å². The number of aliphatic imine (C=N–C) groups is 1. The Morgan fingerprint density at radius 1 is 0.950 bits per heavy atom. The first-order valence-electron chi connectivity index (χ1n) is 11.1. The standard InChI is InChI=1S/C25H16ClF5N4O4S/c1-39-24(38)11-2-6-13(7-3-11)32-23(37)15-10-16(36)35(25(40-15)33-14-8-4-12(26)5-9-14)34-22-20(30)18(28)17(27)19(29)21(22)31/h2-9,15,34H,10H2,1H3,(H,32,37). The van der Waals surface area contributed by atoms with Crippen molar-refractivity contribution in [2.75, 3.05) is 17.9 Å². The third kappa shape index (κ3) is 6.02. The van der Waals surface area contributed by atoms with Crippen LogP contribution >= 0.6 is 23.4 Å². The SMILES string of the molecule is COC(=O)c1ccc(NC(=O)C2CC(=O)N(Nc3c(F)c(F)c(F)c(F)c3F)C(=Nc3ccc(Cl)cc3)S2)cc1. The number of halogens is 6. The summed E-state index contributed by atoms with van der Waals surface area (Å²) in [7, 11) is 1.21. The summed E-state index contributed by atoms with van der Waals surface area (Å²) in [5, 5.41) is 1.97. The molecule has 0 aliphatic carbocycles. The number of thioether (sulfide) groups is 1. The number of nitrogens with zero attached hydrogens (tertiary/aromatic N) is 2. The predicted molar refractivity (Wildman–Crippen MR) is 138 cm³/mol. The number of hydrazine groups is 1. The molecule has 0 bridgehead atoms. The van der Waals surface area contributed by atoms with Crippen LogP contribution in [0.4, 0.5) is 39.0 Å². The van der Waals surface area contributed by atoms with Gasteiger partial charge in [-0.15, -0.1) is 0 Å². The highest BCUT2D eigenvalue weighted by Crippen LogP contribution is 2.33. The summed E-state index contributed by atoms with van der Waals surface area (Å²) in [5.74, 6) is -13.4. The van der Waals surface area contributed by atoms with E-state index in [0.29, 0.717) is 21.8 Å². The third-order valence-corrected chi connectivity index (χ3v) is 6.80. The fraction of sp³-hybridized carbons (Fsp3) is 0.120. The molecule has 2 amide bonds. The summed E-state index contributed by atoms with van der Waals surface area (Å²) in [6.45, 7) is 0. The van der Waals surface area contributed by atoms with E-state index in [-0.39, 0.29) is 22.1 Å². The molecule has 0 radical (unpaired) electrons. The zero-order valence-corrected chi connectivity index (χ0v) is 21.7. The average molecular weight is 599 g/mol. The number of rotatable bonds is 6. The number of amides is 2. The highest BCUT2D eigenvalue weighted by molar-refractivity contribution is 8.15. The Balaban J connectivity index is 1.64. The van der Waals surface area contributed by atoms with Gasteiger partial charge in [0, 0.05) is 10.7 Å². The van der Waals surface area contributed by atoms with Crippen molar-refractivity contribution in [1.29, 1.82) is 0 Å². The normalized spacial score (nSPS) is 16.2. The van der Waals surface area contributed by atoms with Crippen LogP contribution < -0.4 is 10.7 Å². The summed E-state index contributed by atoms with van der Waals surface area (Å²) in [4.78, 5) is 41.8. The Labute approximate surface area is 232 Å². The molecule has 4 rings (SSSR count). The molecule has 2 N–H and O–H groups in total. The van der Waals surface area contributed by atoms with E-state index in [1.54, 1.807) is 0 Å². The monoisotopic (exact) mass is 598 g/mol. The second-order valence-corrected chi connectivity index (χ2v) is 9.63. The van der Waals surface area contributed by atoms with Crippen LogP contribution in [0, 0.1) is 29.1 Å². The number of hydrogen-bond acceptors (Lipinski definition) is 7. The highest BCUT2D eigenvalue weighted by Gasteiger charge is 2.38. The summed E-state index contributed by atoms with van der Waals surface area (Å²) in [6, 6.07) is 11.5. The van der Waals surface area contributed by atoms with Gasteiger partial charge in [-0.25, -0.2) is 31.7 Å². The number of nitrogens with one attached hydrogen (secondary N) is 2. The van der Waals surface area contributed by atoms with Gasteiger partial charge in [-0.3, -0.25) is 15.0 Å². The lowest BCUT2D eigenvalue weighted by molar-refractivity contribution is -0.128. The number of benzene rings is 3. The Morgan fingerprint density at radius 2 is 1.52 bits per heavy atom. The molecule has 1 atom stereocenters. The molecule has 1 aliphatic heterocycles. The maximum absolute atomic E-state index is 14.4. The van der Waals surface area contributed by atoms with Gasteiger partial charge in [0.1, 0.15) is 10.9 Å². The molecule has 15 heteroatoms. The van der Waals surface area contributed by atoms with Gasteiger partial charge in [0.2, 0.25) is 17.6 Å². The molecule has 1 aliphatic rings. The maximum Gasteiger partial charge on any atom is 0.337 e. The fourth-order valence-corrected chi connectivity index (χ4v) is 4.57. The zero-order valence-electron chi connectivity index (χ0n) is 20.1. The third-order valence-electron chi connectivity index (χ3n) is 5.40. The Hall–Kier alpha value is -4.17. The van der Waals surface area contributed by atoms with E-state index in [2.05, 4.69) is 15.0 Å². The van der Waals surface area contributed by atoms with Crippen molar-refractivity contribution in [2.24, 2.45) is 4.99 Å². The summed E-state index contributed by atoms with van der Waals surface area (Å²) < 4.78 is 74.4. The van der Waals surface area contributed by atoms with Gasteiger partial charge in [-0.2, -0.15) is 5.01 Å². The molecule has 8 nitrogen and oxygen atoms in total. The second kappa shape index (κ2) is 11.9. The number of hydrogen-bond donors (Lipinski definition) is 2. The summed E-state index contributed by atoms with van der Waals surface area (Å²) >= 11 is 6.56. The van der Waals surface area contributed by atoms with E-state index in [1.165, 1.54) is 55.6 Å². The quantitative estimate of drug-likeness (QED) is 0.161. The molecule has 0 aromatic heterocycles. The molecule has 3 aromatic rings. The second-order valence-electron chi connectivity index (χ2n) is 8.03. The van der Waals surface area contributed by atoms with E-state index in [4.69, 9.17) is 11.6 Å². The van der Waals surface area contributed by atoms with Gasteiger partial charge in [0.05, 0.1) is 24.8 Å². The highest BCUT2D eigenvalue weighted by atomic mass is 35.5. The molecule has 1 unspecified atom stereocenters. The molecule has 0 spiro atoms. The number of amidine groups is 1.